The number of aromatic nitrogens is 3. The van der Waals surface area contributed by atoms with Crippen molar-refractivity contribution < 1.29 is 0 Å². The number of nitrogens with zero attached hydrogens (tertiary/aromatic N) is 3. The molecule has 0 bridgehead atoms. The summed E-state index contributed by atoms with van der Waals surface area (Å²) in [4.78, 5) is 21.7. The van der Waals surface area contributed by atoms with E-state index in [-0.39, 0.29) is 5.56 Å². The number of nitrogens with one attached hydrogen (secondary N) is 1. The van der Waals surface area contributed by atoms with E-state index in [4.69, 9.17) is 0 Å². The van der Waals surface area contributed by atoms with Crippen LogP contribution < -0.4 is 10.9 Å². The molecule has 0 amide bonds. The van der Waals surface area contributed by atoms with E-state index in [0.29, 0.717) is 11.9 Å². The largest absolute Gasteiger partial charge is 0.373 e. The van der Waals surface area contributed by atoms with E-state index >= 15 is 0 Å². The molecule has 0 fully saturated rings. The van der Waals surface area contributed by atoms with Crippen LogP contribution in [0.15, 0.2) is 40.8 Å². The number of anilines is 1. The Labute approximate surface area is 113 Å². The Morgan fingerprint density at radius 2 is 2.26 bits per heavy atom. The van der Waals surface area contributed by atoms with Crippen LogP contribution in [0.25, 0.3) is 10.2 Å². The van der Waals surface area contributed by atoms with E-state index in [0.717, 1.165) is 16.3 Å². The van der Waals surface area contributed by atoms with Crippen molar-refractivity contribution in [1.29, 1.82) is 0 Å². The number of hydrogen-bond donors (Lipinski definition) is 1. The molecule has 0 aliphatic heterocycles. The van der Waals surface area contributed by atoms with Gasteiger partial charge in [0.1, 0.15) is 10.6 Å². The lowest BCUT2D eigenvalue weighted by Gasteiger charge is -2.06. The quantitative estimate of drug-likeness (QED) is 0.791. The molecule has 0 radical (unpaired) electrons. The number of hydrogen-bond acceptors (Lipinski definition) is 5. The predicted molar refractivity (Wildman–Crippen MR) is 76.8 cm³/mol. The van der Waals surface area contributed by atoms with Gasteiger partial charge in [0, 0.05) is 7.05 Å². The van der Waals surface area contributed by atoms with Crippen LogP contribution in [0.3, 0.4) is 0 Å². The van der Waals surface area contributed by atoms with Gasteiger partial charge < -0.3 is 5.32 Å². The molecule has 3 aromatic rings. The molecule has 19 heavy (non-hydrogen) atoms. The first-order valence-electron chi connectivity index (χ1n) is 5.84. The molecule has 1 N–H and O–H groups in total. The molecule has 3 heterocycles. The average Bonchev–Trinajstić information content (AvgIpc) is 2.91. The molecular weight excluding hydrogens is 260 g/mol. The summed E-state index contributed by atoms with van der Waals surface area (Å²) in [5.41, 5.74) is 0.799. The van der Waals surface area contributed by atoms with Gasteiger partial charge in [-0.2, -0.15) is 0 Å². The maximum atomic E-state index is 12.2. The third-order valence-corrected chi connectivity index (χ3v) is 3.67. The molecule has 0 aromatic carbocycles. The lowest BCUT2D eigenvalue weighted by atomic mass is 10.3. The standard InChI is InChI=1S/C13H12N4OS/c1-14-11-4-2-3-9(16-11)7-17-8-15-12-10(13(17)18)5-6-19-12/h2-6,8H,7H2,1H3,(H,14,16). The zero-order chi connectivity index (χ0) is 13.2. The van der Waals surface area contributed by atoms with E-state index in [1.165, 1.54) is 11.3 Å². The molecule has 0 spiro atoms. The van der Waals surface area contributed by atoms with Crippen LogP contribution in [0, 0.1) is 0 Å². The molecule has 0 atom stereocenters. The van der Waals surface area contributed by atoms with Gasteiger partial charge in [-0.1, -0.05) is 6.07 Å². The highest BCUT2D eigenvalue weighted by molar-refractivity contribution is 7.16. The second-order valence-corrected chi connectivity index (χ2v) is 4.98. The summed E-state index contributed by atoms with van der Waals surface area (Å²) < 4.78 is 1.58. The fraction of sp³-hybridized carbons (Fsp3) is 0.154. The Hall–Kier alpha value is -2.21. The maximum absolute atomic E-state index is 12.2. The highest BCUT2D eigenvalue weighted by Crippen LogP contribution is 2.13. The third kappa shape index (κ3) is 2.22. The van der Waals surface area contributed by atoms with E-state index < -0.39 is 0 Å². The molecule has 96 valence electrons. The van der Waals surface area contributed by atoms with Gasteiger partial charge in [0.25, 0.3) is 5.56 Å². The summed E-state index contributed by atoms with van der Waals surface area (Å²) in [6, 6.07) is 7.50. The van der Waals surface area contributed by atoms with Crippen molar-refractivity contribution in [2.45, 2.75) is 6.54 Å². The average molecular weight is 272 g/mol. The molecular formula is C13H12N4OS. The van der Waals surface area contributed by atoms with Crippen LogP contribution in [-0.4, -0.2) is 21.6 Å². The van der Waals surface area contributed by atoms with Crippen molar-refractivity contribution in [1.82, 2.24) is 14.5 Å². The SMILES string of the molecule is CNc1cccc(Cn2cnc3sccc3c2=O)n1. The van der Waals surface area contributed by atoms with E-state index in [9.17, 15) is 4.79 Å². The normalized spacial score (nSPS) is 10.8. The molecule has 0 saturated carbocycles. The van der Waals surface area contributed by atoms with Crippen molar-refractivity contribution in [3.05, 3.63) is 52.0 Å². The van der Waals surface area contributed by atoms with Crippen molar-refractivity contribution in [3.8, 4) is 0 Å². The fourth-order valence-electron chi connectivity index (χ4n) is 1.89. The summed E-state index contributed by atoms with van der Waals surface area (Å²) in [5, 5.41) is 5.52. The summed E-state index contributed by atoms with van der Waals surface area (Å²) in [5.74, 6) is 0.787. The highest BCUT2D eigenvalue weighted by atomic mass is 32.1. The Morgan fingerprint density at radius 3 is 3.11 bits per heavy atom. The van der Waals surface area contributed by atoms with Gasteiger partial charge in [-0.25, -0.2) is 9.97 Å². The predicted octanol–water partition coefficient (Wildman–Crippen LogP) is 1.94. The van der Waals surface area contributed by atoms with Gasteiger partial charge in [0.2, 0.25) is 0 Å². The Balaban J connectivity index is 2.00. The van der Waals surface area contributed by atoms with E-state index in [1.54, 1.807) is 10.9 Å². The zero-order valence-electron chi connectivity index (χ0n) is 10.3. The van der Waals surface area contributed by atoms with Crippen LogP contribution in [0.2, 0.25) is 0 Å². The molecule has 0 aliphatic carbocycles. The van der Waals surface area contributed by atoms with Gasteiger partial charge in [-0.15, -0.1) is 11.3 Å². The van der Waals surface area contributed by atoms with Crippen molar-refractivity contribution in [2.75, 3.05) is 12.4 Å². The van der Waals surface area contributed by atoms with Crippen molar-refractivity contribution in [2.24, 2.45) is 0 Å². The third-order valence-electron chi connectivity index (χ3n) is 2.85. The molecule has 3 aromatic heterocycles. The van der Waals surface area contributed by atoms with Crippen LogP contribution >= 0.6 is 11.3 Å². The van der Waals surface area contributed by atoms with Gasteiger partial charge in [0.05, 0.1) is 24.0 Å². The number of fused-ring (bicyclic) bond motifs is 1. The number of thiophene rings is 1. The van der Waals surface area contributed by atoms with Crippen molar-refractivity contribution in [3.63, 3.8) is 0 Å². The molecule has 0 saturated heterocycles. The molecule has 6 heteroatoms. The van der Waals surface area contributed by atoms with Gasteiger partial charge in [-0.3, -0.25) is 9.36 Å². The van der Waals surface area contributed by atoms with Crippen LogP contribution in [0.4, 0.5) is 5.82 Å². The molecule has 3 rings (SSSR count). The minimum atomic E-state index is -0.0251. The van der Waals surface area contributed by atoms with Crippen molar-refractivity contribution >= 4 is 27.4 Å². The highest BCUT2D eigenvalue weighted by Gasteiger charge is 2.06. The number of pyridine rings is 1. The maximum Gasteiger partial charge on any atom is 0.262 e. The second kappa shape index (κ2) is 4.81. The Bertz CT molecular complexity index is 777. The van der Waals surface area contributed by atoms with E-state index in [1.807, 2.05) is 36.7 Å². The first kappa shape index (κ1) is 11.9. The Kier molecular flexibility index (Phi) is 3.00. The summed E-state index contributed by atoms with van der Waals surface area (Å²) in [6.07, 6.45) is 1.58. The summed E-state index contributed by atoms with van der Waals surface area (Å²) >= 11 is 1.47. The van der Waals surface area contributed by atoms with Gasteiger partial charge >= 0.3 is 0 Å². The van der Waals surface area contributed by atoms with E-state index in [2.05, 4.69) is 15.3 Å². The van der Waals surface area contributed by atoms with Crippen LogP contribution in [0.5, 0.6) is 0 Å². The van der Waals surface area contributed by atoms with Crippen LogP contribution in [-0.2, 0) is 6.54 Å². The first-order valence-corrected chi connectivity index (χ1v) is 6.72. The second-order valence-electron chi connectivity index (χ2n) is 4.08. The fourth-order valence-corrected chi connectivity index (χ4v) is 2.61. The lowest BCUT2D eigenvalue weighted by molar-refractivity contribution is 0.731. The van der Waals surface area contributed by atoms with Crippen LogP contribution in [0.1, 0.15) is 5.69 Å². The zero-order valence-corrected chi connectivity index (χ0v) is 11.1. The Morgan fingerprint density at radius 1 is 1.37 bits per heavy atom. The number of rotatable bonds is 3. The molecule has 5 nitrogen and oxygen atoms in total. The summed E-state index contributed by atoms with van der Waals surface area (Å²) in [7, 11) is 1.82. The smallest absolute Gasteiger partial charge is 0.262 e. The topological polar surface area (TPSA) is 59.8 Å². The minimum absolute atomic E-state index is 0.0251. The lowest BCUT2D eigenvalue weighted by Crippen LogP contribution is -2.21. The first-order chi connectivity index (χ1) is 9.28. The monoisotopic (exact) mass is 272 g/mol. The summed E-state index contributed by atoms with van der Waals surface area (Å²) in [6.45, 7) is 0.424. The molecule has 0 unspecified atom stereocenters. The minimum Gasteiger partial charge on any atom is -0.373 e. The van der Waals surface area contributed by atoms with Gasteiger partial charge in [0.15, 0.2) is 0 Å². The van der Waals surface area contributed by atoms with Gasteiger partial charge in [-0.05, 0) is 23.6 Å². The molecule has 0 aliphatic rings.